The molecular weight excluding hydrogens is 357 g/mol. The fraction of sp³-hybridized carbons (Fsp3) is 0.333. The Morgan fingerprint density at radius 1 is 1.35 bits per heavy atom. The van der Waals surface area contributed by atoms with Gasteiger partial charge < -0.3 is 5.73 Å². The zero-order valence-corrected chi connectivity index (χ0v) is 13.6. The fourth-order valence-electron chi connectivity index (χ4n) is 2.09. The molecule has 0 radical (unpaired) electrons. The summed E-state index contributed by atoms with van der Waals surface area (Å²) in [6, 6.07) is 2.65. The van der Waals surface area contributed by atoms with E-state index in [2.05, 4.69) is 10.1 Å². The SMILES string of the molecule is CCc1cc(C)c(-n2nc(C(F)(F)F)nc2N)cc1S(=O)(=O)Cl. The largest absolute Gasteiger partial charge is 0.453 e. The highest BCUT2D eigenvalue weighted by Gasteiger charge is 2.37. The Labute approximate surface area is 134 Å². The summed E-state index contributed by atoms with van der Waals surface area (Å²) < 4.78 is 62.1. The molecule has 0 aliphatic carbocycles. The van der Waals surface area contributed by atoms with Crippen LogP contribution in [0.3, 0.4) is 0 Å². The molecule has 2 aromatic rings. The van der Waals surface area contributed by atoms with Crippen LogP contribution < -0.4 is 5.73 Å². The van der Waals surface area contributed by atoms with E-state index in [1.807, 2.05) is 0 Å². The van der Waals surface area contributed by atoms with Crippen LogP contribution in [0.25, 0.3) is 5.69 Å². The first kappa shape index (κ1) is 17.5. The first-order valence-electron chi connectivity index (χ1n) is 6.33. The molecule has 0 atom stereocenters. The lowest BCUT2D eigenvalue weighted by Crippen LogP contribution is -2.10. The third kappa shape index (κ3) is 3.42. The van der Waals surface area contributed by atoms with Gasteiger partial charge in [0.2, 0.25) is 5.95 Å². The van der Waals surface area contributed by atoms with E-state index in [0.717, 1.165) is 10.7 Å². The van der Waals surface area contributed by atoms with Gasteiger partial charge in [-0.1, -0.05) is 13.0 Å². The van der Waals surface area contributed by atoms with Gasteiger partial charge >= 0.3 is 6.18 Å². The number of hydrogen-bond acceptors (Lipinski definition) is 5. The number of nitrogens with two attached hydrogens (primary N) is 1. The van der Waals surface area contributed by atoms with Gasteiger partial charge in [-0.25, -0.2) is 8.42 Å². The summed E-state index contributed by atoms with van der Waals surface area (Å²) in [5, 5.41) is 3.31. The van der Waals surface area contributed by atoms with Crippen molar-refractivity contribution in [2.45, 2.75) is 31.3 Å². The number of rotatable bonds is 3. The minimum absolute atomic E-state index is 0.0573. The predicted octanol–water partition coefficient (Wildman–Crippen LogP) is 2.67. The molecule has 1 heterocycles. The normalized spacial score (nSPS) is 12.6. The summed E-state index contributed by atoms with van der Waals surface area (Å²) in [6.45, 7) is 3.32. The minimum atomic E-state index is -4.77. The van der Waals surface area contributed by atoms with Crippen LogP contribution >= 0.6 is 10.7 Å². The number of nitrogens with zero attached hydrogens (tertiary/aromatic N) is 3. The predicted molar refractivity (Wildman–Crippen MR) is 77.9 cm³/mol. The lowest BCUT2D eigenvalue weighted by atomic mass is 10.1. The van der Waals surface area contributed by atoms with Gasteiger partial charge in [-0.3, -0.25) is 0 Å². The van der Waals surface area contributed by atoms with Gasteiger partial charge in [0.05, 0.1) is 10.6 Å². The molecule has 0 aliphatic heterocycles. The van der Waals surface area contributed by atoms with E-state index in [0.29, 0.717) is 17.5 Å². The molecule has 1 aromatic heterocycles. The number of anilines is 1. The zero-order chi connectivity index (χ0) is 17.6. The molecule has 0 saturated heterocycles. The van der Waals surface area contributed by atoms with Crippen molar-refractivity contribution in [3.8, 4) is 5.69 Å². The van der Waals surface area contributed by atoms with Gasteiger partial charge in [0.25, 0.3) is 14.9 Å². The monoisotopic (exact) mass is 368 g/mol. The molecule has 0 spiro atoms. The first-order chi connectivity index (χ1) is 10.4. The highest BCUT2D eigenvalue weighted by Crippen LogP contribution is 2.30. The molecule has 0 bridgehead atoms. The average molecular weight is 369 g/mol. The molecule has 126 valence electrons. The van der Waals surface area contributed by atoms with Crippen LogP contribution in [0.5, 0.6) is 0 Å². The standard InChI is InChI=1S/C12H12ClF3N4O2S/c1-3-7-4-6(2)8(5-9(7)23(13,21)22)20-11(17)18-10(19-20)12(14,15)16/h4-5H,3H2,1-2H3,(H2,17,18,19). The molecule has 6 nitrogen and oxygen atoms in total. The second-order valence-corrected chi connectivity index (χ2v) is 7.28. The van der Waals surface area contributed by atoms with Crippen LogP contribution in [0, 0.1) is 6.92 Å². The van der Waals surface area contributed by atoms with Crippen molar-refractivity contribution in [3.63, 3.8) is 0 Å². The molecule has 11 heteroatoms. The summed E-state index contributed by atoms with van der Waals surface area (Å²) in [5.41, 5.74) is 6.46. The van der Waals surface area contributed by atoms with E-state index < -0.39 is 27.0 Å². The summed E-state index contributed by atoms with van der Waals surface area (Å²) in [6.07, 6.45) is -4.39. The fourth-order valence-corrected chi connectivity index (χ4v) is 3.29. The van der Waals surface area contributed by atoms with Gasteiger partial charge in [0.1, 0.15) is 0 Å². The highest BCUT2D eigenvalue weighted by atomic mass is 35.7. The molecule has 2 N–H and O–H groups in total. The summed E-state index contributed by atoms with van der Waals surface area (Å²) in [4.78, 5) is 2.95. The Hall–Kier alpha value is -1.81. The van der Waals surface area contributed by atoms with Gasteiger partial charge in [-0.15, -0.1) is 5.10 Å². The molecular formula is C12H12ClF3N4O2S. The number of aryl methyl sites for hydroxylation is 2. The maximum absolute atomic E-state index is 12.7. The second kappa shape index (κ2) is 5.68. The van der Waals surface area contributed by atoms with Crippen molar-refractivity contribution < 1.29 is 21.6 Å². The van der Waals surface area contributed by atoms with Crippen molar-refractivity contribution in [1.29, 1.82) is 0 Å². The van der Waals surface area contributed by atoms with Crippen LogP contribution in [0.2, 0.25) is 0 Å². The maximum atomic E-state index is 12.7. The van der Waals surface area contributed by atoms with Crippen molar-refractivity contribution in [3.05, 3.63) is 29.1 Å². The quantitative estimate of drug-likeness (QED) is 0.841. The Kier molecular flexibility index (Phi) is 4.33. The van der Waals surface area contributed by atoms with Gasteiger partial charge in [0, 0.05) is 10.7 Å². The molecule has 0 fully saturated rings. The van der Waals surface area contributed by atoms with Crippen LogP contribution in [0.15, 0.2) is 17.0 Å². The third-order valence-electron chi connectivity index (χ3n) is 3.14. The van der Waals surface area contributed by atoms with E-state index in [1.54, 1.807) is 13.8 Å². The van der Waals surface area contributed by atoms with E-state index >= 15 is 0 Å². The number of hydrogen-bond donors (Lipinski definition) is 1. The smallest absolute Gasteiger partial charge is 0.368 e. The molecule has 2 rings (SSSR count). The number of halogens is 4. The average Bonchev–Trinajstić information content (AvgIpc) is 2.79. The molecule has 0 saturated carbocycles. The van der Waals surface area contributed by atoms with Crippen LogP contribution in [-0.2, 0) is 21.6 Å². The number of aromatic nitrogens is 3. The van der Waals surface area contributed by atoms with Crippen molar-refractivity contribution in [2.24, 2.45) is 0 Å². The Morgan fingerprint density at radius 2 is 1.96 bits per heavy atom. The summed E-state index contributed by atoms with van der Waals surface area (Å²) >= 11 is 0. The number of benzene rings is 1. The van der Waals surface area contributed by atoms with Gasteiger partial charge in [-0.2, -0.15) is 22.8 Å². The van der Waals surface area contributed by atoms with E-state index in [4.69, 9.17) is 16.4 Å². The Bertz CT molecular complexity index is 862. The van der Waals surface area contributed by atoms with E-state index in [1.165, 1.54) is 6.07 Å². The van der Waals surface area contributed by atoms with E-state index in [9.17, 15) is 21.6 Å². The van der Waals surface area contributed by atoms with Crippen LogP contribution in [-0.4, -0.2) is 23.2 Å². The third-order valence-corrected chi connectivity index (χ3v) is 4.54. The zero-order valence-electron chi connectivity index (χ0n) is 12.0. The molecule has 1 aromatic carbocycles. The van der Waals surface area contributed by atoms with Gasteiger partial charge in [-0.05, 0) is 30.5 Å². The van der Waals surface area contributed by atoms with Crippen molar-refractivity contribution in [1.82, 2.24) is 14.8 Å². The topological polar surface area (TPSA) is 90.9 Å². The molecule has 0 amide bonds. The lowest BCUT2D eigenvalue weighted by Gasteiger charge is -2.12. The van der Waals surface area contributed by atoms with Crippen LogP contribution in [0.1, 0.15) is 23.9 Å². The molecule has 0 aliphatic rings. The minimum Gasteiger partial charge on any atom is -0.368 e. The van der Waals surface area contributed by atoms with Gasteiger partial charge in [0.15, 0.2) is 0 Å². The lowest BCUT2D eigenvalue weighted by molar-refractivity contribution is -0.144. The summed E-state index contributed by atoms with van der Waals surface area (Å²) in [5.74, 6) is -1.92. The summed E-state index contributed by atoms with van der Waals surface area (Å²) in [7, 11) is 1.31. The molecule has 0 unspecified atom stereocenters. The number of nitrogen functional groups attached to an aromatic ring is 1. The van der Waals surface area contributed by atoms with Crippen molar-refractivity contribution >= 4 is 25.7 Å². The first-order valence-corrected chi connectivity index (χ1v) is 8.64. The Morgan fingerprint density at radius 3 is 2.39 bits per heavy atom. The van der Waals surface area contributed by atoms with Crippen LogP contribution in [0.4, 0.5) is 19.1 Å². The Balaban J connectivity index is 2.72. The highest BCUT2D eigenvalue weighted by molar-refractivity contribution is 8.13. The van der Waals surface area contributed by atoms with E-state index in [-0.39, 0.29) is 10.6 Å². The second-order valence-electron chi connectivity index (χ2n) is 4.74. The van der Waals surface area contributed by atoms with Crippen molar-refractivity contribution in [2.75, 3.05) is 5.73 Å². The maximum Gasteiger partial charge on any atom is 0.453 e. The molecule has 23 heavy (non-hydrogen) atoms. The number of alkyl halides is 3.